The van der Waals surface area contributed by atoms with E-state index in [1.165, 1.54) is 12.1 Å². The molecule has 1 fully saturated rings. The molecule has 0 spiro atoms. The Morgan fingerprint density at radius 2 is 1.94 bits per heavy atom. The van der Waals surface area contributed by atoms with E-state index >= 15 is 0 Å². The van der Waals surface area contributed by atoms with Gasteiger partial charge in [0.25, 0.3) is 0 Å². The summed E-state index contributed by atoms with van der Waals surface area (Å²) in [5.41, 5.74) is 2.87. The smallest absolute Gasteiger partial charge is 0.232 e. The number of nitrogens with zero attached hydrogens (tertiary/aromatic N) is 2. The van der Waals surface area contributed by atoms with Crippen molar-refractivity contribution in [3.05, 3.63) is 64.2 Å². The maximum Gasteiger partial charge on any atom is 0.232 e. The fourth-order valence-corrected chi connectivity index (χ4v) is 4.27. The third kappa shape index (κ3) is 4.08. The number of aryl methyl sites for hydroxylation is 1. The zero-order valence-corrected chi connectivity index (χ0v) is 17.5. The molecule has 0 radical (unpaired) electrons. The van der Waals surface area contributed by atoms with E-state index in [9.17, 15) is 9.18 Å². The fraction of sp³-hybridized carbons (Fsp3) is 0.375. The second-order valence-electron chi connectivity index (χ2n) is 8.15. The van der Waals surface area contributed by atoms with E-state index in [4.69, 9.17) is 14.2 Å². The first kappa shape index (κ1) is 20.2. The van der Waals surface area contributed by atoms with Gasteiger partial charge in [-0.25, -0.2) is 4.39 Å². The molecule has 3 aliphatic rings. The highest BCUT2D eigenvalue weighted by molar-refractivity contribution is 6.15. The maximum absolute atomic E-state index is 13.6. The average Bonchev–Trinajstić information content (AvgIpc) is 3.10. The van der Waals surface area contributed by atoms with E-state index in [1.807, 2.05) is 13.0 Å². The Kier molecular flexibility index (Phi) is 5.48. The molecular formula is C24H25FN2O4. The van der Waals surface area contributed by atoms with Gasteiger partial charge in [-0.1, -0.05) is 12.1 Å². The molecule has 0 bridgehead atoms. The lowest BCUT2D eigenvalue weighted by Crippen LogP contribution is -2.43. The lowest BCUT2D eigenvalue weighted by molar-refractivity contribution is 0.0239. The van der Waals surface area contributed by atoms with E-state index in [2.05, 4.69) is 9.80 Å². The third-order valence-corrected chi connectivity index (χ3v) is 5.97. The van der Waals surface area contributed by atoms with Gasteiger partial charge < -0.3 is 14.2 Å². The van der Waals surface area contributed by atoms with Crippen molar-refractivity contribution in [2.45, 2.75) is 13.5 Å². The number of rotatable bonds is 4. The van der Waals surface area contributed by atoms with Gasteiger partial charge in [0.15, 0.2) is 5.76 Å². The molecule has 2 aromatic carbocycles. The van der Waals surface area contributed by atoms with Gasteiger partial charge in [0, 0.05) is 32.7 Å². The molecule has 1 saturated heterocycles. The summed E-state index contributed by atoms with van der Waals surface area (Å²) in [6.07, 6.45) is 1.59. The van der Waals surface area contributed by atoms with Crippen LogP contribution in [-0.4, -0.2) is 61.7 Å². The van der Waals surface area contributed by atoms with Crippen molar-refractivity contribution < 1.29 is 23.4 Å². The number of carbonyl (C=O) groups is 1. The molecule has 0 atom stereocenters. The molecule has 2 aromatic rings. The monoisotopic (exact) mass is 424 g/mol. The van der Waals surface area contributed by atoms with Gasteiger partial charge >= 0.3 is 0 Å². The van der Waals surface area contributed by atoms with Crippen LogP contribution in [0.4, 0.5) is 4.39 Å². The number of hydrogen-bond acceptors (Lipinski definition) is 6. The number of halogens is 1. The number of hydrogen-bond donors (Lipinski definition) is 0. The Morgan fingerprint density at radius 1 is 1.13 bits per heavy atom. The van der Waals surface area contributed by atoms with Crippen molar-refractivity contribution in [3.63, 3.8) is 0 Å². The minimum Gasteiger partial charge on any atom is -0.478 e. The molecule has 5 rings (SSSR count). The first-order valence-corrected chi connectivity index (χ1v) is 10.6. The molecule has 0 saturated carbocycles. The molecule has 0 amide bonds. The van der Waals surface area contributed by atoms with Gasteiger partial charge in [-0.05, 0) is 42.3 Å². The summed E-state index contributed by atoms with van der Waals surface area (Å²) in [5, 5.41) is 0. The normalized spacial score (nSPS) is 20.3. The van der Waals surface area contributed by atoms with Gasteiger partial charge in [-0.3, -0.25) is 14.6 Å². The quantitative estimate of drug-likeness (QED) is 0.703. The van der Waals surface area contributed by atoms with E-state index in [1.54, 1.807) is 18.2 Å². The summed E-state index contributed by atoms with van der Waals surface area (Å²) in [6.45, 7) is 8.32. The largest absolute Gasteiger partial charge is 0.478 e. The lowest BCUT2D eigenvalue weighted by Gasteiger charge is -2.33. The zero-order chi connectivity index (χ0) is 21.4. The second-order valence-corrected chi connectivity index (χ2v) is 8.15. The number of benzene rings is 2. The molecule has 0 aromatic heterocycles. The molecule has 3 aliphatic heterocycles. The molecule has 162 valence electrons. The minimum absolute atomic E-state index is 0.176. The van der Waals surface area contributed by atoms with Gasteiger partial charge in [0.05, 0.1) is 24.3 Å². The molecule has 6 nitrogen and oxygen atoms in total. The van der Waals surface area contributed by atoms with Crippen LogP contribution >= 0.6 is 0 Å². The minimum atomic E-state index is -0.352. The Bertz CT molecular complexity index is 1050. The van der Waals surface area contributed by atoms with Crippen molar-refractivity contribution in [1.29, 1.82) is 0 Å². The van der Waals surface area contributed by atoms with Crippen LogP contribution in [0.1, 0.15) is 27.0 Å². The summed E-state index contributed by atoms with van der Waals surface area (Å²) in [5.74, 6) is 1.01. The molecule has 0 N–H and O–H groups in total. The summed E-state index contributed by atoms with van der Waals surface area (Å²) in [6, 6.07) is 8.03. The summed E-state index contributed by atoms with van der Waals surface area (Å²) >= 11 is 0. The highest BCUT2D eigenvalue weighted by atomic mass is 19.1. The summed E-state index contributed by atoms with van der Waals surface area (Å²) in [4.78, 5) is 17.7. The molecule has 3 heterocycles. The summed E-state index contributed by atoms with van der Waals surface area (Å²) < 4.78 is 31.0. The van der Waals surface area contributed by atoms with Gasteiger partial charge in [0.2, 0.25) is 5.78 Å². The SMILES string of the molecule is Cc1cc2c(c3c1C(=O)/C(=C/c1cccc(F)c1)O3)CN(CCN1CCOCC1)CO2. The van der Waals surface area contributed by atoms with E-state index < -0.39 is 0 Å². The van der Waals surface area contributed by atoms with Crippen molar-refractivity contribution >= 4 is 11.9 Å². The van der Waals surface area contributed by atoms with Crippen LogP contribution in [0.5, 0.6) is 11.5 Å². The van der Waals surface area contributed by atoms with Gasteiger partial charge in [-0.2, -0.15) is 0 Å². The van der Waals surface area contributed by atoms with Crippen LogP contribution in [0.15, 0.2) is 36.1 Å². The third-order valence-electron chi connectivity index (χ3n) is 5.97. The van der Waals surface area contributed by atoms with Crippen LogP contribution in [-0.2, 0) is 11.3 Å². The van der Waals surface area contributed by atoms with Gasteiger partial charge in [-0.15, -0.1) is 0 Å². The second kappa shape index (κ2) is 8.42. The zero-order valence-electron chi connectivity index (χ0n) is 17.5. The first-order chi connectivity index (χ1) is 15.1. The average molecular weight is 424 g/mol. The highest BCUT2D eigenvalue weighted by Crippen LogP contribution is 2.44. The number of fused-ring (bicyclic) bond motifs is 3. The Hall–Kier alpha value is -2.74. The molecule has 7 heteroatoms. The van der Waals surface area contributed by atoms with Crippen molar-refractivity contribution in [1.82, 2.24) is 9.80 Å². The summed E-state index contributed by atoms with van der Waals surface area (Å²) in [7, 11) is 0. The Morgan fingerprint density at radius 3 is 2.74 bits per heavy atom. The number of carbonyl (C=O) groups excluding carboxylic acids is 1. The molecular weight excluding hydrogens is 399 g/mol. The number of ether oxygens (including phenoxy) is 3. The predicted octanol–water partition coefficient (Wildman–Crippen LogP) is 3.23. The van der Waals surface area contributed by atoms with E-state index in [0.717, 1.165) is 56.3 Å². The van der Waals surface area contributed by atoms with Crippen molar-refractivity contribution in [2.75, 3.05) is 46.1 Å². The Labute approximate surface area is 180 Å². The van der Waals surface area contributed by atoms with E-state index in [-0.39, 0.29) is 17.4 Å². The van der Waals surface area contributed by atoms with Gasteiger partial charge in [0.1, 0.15) is 24.0 Å². The molecule has 31 heavy (non-hydrogen) atoms. The van der Waals surface area contributed by atoms with Crippen LogP contribution in [0.2, 0.25) is 0 Å². The molecule has 0 aliphatic carbocycles. The Balaban J connectivity index is 1.38. The topological polar surface area (TPSA) is 51.2 Å². The molecule has 0 unspecified atom stereocenters. The number of morpholine rings is 1. The number of allylic oxidation sites excluding steroid dienone is 1. The highest BCUT2D eigenvalue weighted by Gasteiger charge is 2.35. The van der Waals surface area contributed by atoms with Crippen molar-refractivity contribution in [2.24, 2.45) is 0 Å². The van der Waals surface area contributed by atoms with E-state index in [0.29, 0.717) is 30.2 Å². The first-order valence-electron chi connectivity index (χ1n) is 10.6. The van der Waals surface area contributed by atoms with Crippen LogP contribution in [0.25, 0.3) is 6.08 Å². The predicted molar refractivity (Wildman–Crippen MR) is 114 cm³/mol. The van der Waals surface area contributed by atoms with Crippen molar-refractivity contribution in [3.8, 4) is 11.5 Å². The standard InChI is InChI=1S/C24H25FN2O4/c1-16-11-20-19(14-27(15-30-20)6-5-26-7-9-29-10-8-26)24-22(16)23(28)21(31-24)13-17-3-2-4-18(25)12-17/h2-4,11-13H,5-10,14-15H2,1H3/b21-13-. The number of ketones is 1. The number of Topliss-reactive ketones (excluding diaryl/α,β-unsaturated/α-hetero) is 1. The van der Waals surface area contributed by atoms with Crippen LogP contribution < -0.4 is 9.47 Å². The van der Waals surface area contributed by atoms with Crippen LogP contribution in [0, 0.1) is 12.7 Å². The lowest BCUT2D eigenvalue weighted by atomic mass is 9.98. The fourth-order valence-electron chi connectivity index (χ4n) is 4.27. The van der Waals surface area contributed by atoms with Crippen LogP contribution in [0.3, 0.4) is 0 Å². The maximum atomic E-state index is 13.6.